The van der Waals surface area contributed by atoms with Gasteiger partial charge in [-0.1, -0.05) is 24.1 Å². The molecule has 0 radical (unpaired) electrons. The number of benzene rings is 1. The molecule has 0 bridgehead atoms. The van der Waals surface area contributed by atoms with Crippen molar-refractivity contribution < 1.29 is 4.74 Å². The molecule has 0 amide bonds. The summed E-state index contributed by atoms with van der Waals surface area (Å²) in [5.41, 5.74) is 1.73. The molecule has 2 fully saturated rings. The van der Waals surface area contributed by atoms with E-state index in [4.69, 9.17) is 16.3 Å². The molecule has 1 aromatic carbocycles. The Kier molecular flexibility index (Phi) is 7.04. The molecule has 1 saturated heterocycles. The summed E-state index contributed by atoms with van der Waals surface area (Å²) >= 11 is 6.30. The van der Waals surface area contributed by atoms with Crippen LogP contribution in [0.3, 0.4) is 0 Å². The molecule has 0 atom stereocenters. The second-order valence-electron chi connectivity index (χ2n) is 6.71. The number of hydrogen-bond acceptors (Lipinski definition) is 2. The Morgan fingerprint density at radius 2 is 2.17 bits per heavy atom. The number of aliphatic imine (C=N–C) groups is 1. The fraction of sp³-hybridized carbons (Fsp3) is 0.611. The van der Waals surface area contributed by atoms with Crippen LogP contribution in [0.2, 0.25) is 5.02 Å². The predicted molar refractivity (Wildman–Crippen MR) is 111 cm³/mol. The summed E-state index contributed by atoms with van der Waals surface area (Å²) in [5, 5.41) is 4.25. The maximum atomic E-state index is 6.30. The van der Waals surface area contributed by atoms with Crippen LogP contribution in [0.5, 0.6) is 5.75 Å². The molecule has 6 heteroatoms. The Morgan fingerprint density at radius 1 is 1.38 bits per heavy atom. The lowest BCUT2D eigenvalue weighted by molar-refractivity contribution is 0.151. The van der Waals surface area contributed by atoms with Gasteiger partial charge >= 0.3 is 0 Å². The maximum absolute atomic E-state index is 6.30. The topological polar surface area (TPSA) is 36.9 Å². The van der Waals surface area contributed by atoms with Gasteiger partial charge in [-0.3, -0.25) is 4.99 Å². The standard InChI is InChI=1S/C18H26ClN3O.HI/c1-20-17(22-11-9-18(13-22)7-3-8-18)21-10-6-14-4-5-15(23-2)12-16(14)19;/h4-5,12H,3,6-11,13H2,1-2H3,(H,20,21);1H. The quantitative estimate of drug-likeness (QED) is 0.417. The highest BCUT2D eigenvalue weighted by Gasteiger charge is 2.43. The van der Waals surface area contributed by atoms with Crippen molar-refractivity contribution in [1.29, 1.82) is 0 Å². The minimum absolute atomic E-state index is 0. The van der Waals surface area contributed by atoms with Crippen LogP contribution < -0.4 is 10.1 Å². The van der Waals surface area contributed by atoms with E-state index in [9.17, 15) is 0 Å². The van der Waals surface area contributed by atoms with E-state index >= 15 is 0 Å². The first-order valence-electron chi connectivity index (χ1n) is 8.44. The molecule has 1 aliphatic heterocycles. The molecule has 1 saturated carbocycles. The lowest BCUT2D eigenvalue weighted by atomic mass is 9.68. The van der Waals surface area contributed by atoms with E-state index in [1.54, 1.807) is 7.11 Å². The van der Waals surface area contributed by atoms with Crippen LogP contribution in [0.4, 0.5) is 0 Å². The van der Waals surface area contributed by atoms with Crippen LogP contribution >= 0.6 is 35.6 Å². The molecule has 0 aromatic heterocycles. The van der Waals surface area contributed by atoms with Crippen molar-refractivity contribution in [3.8, 4) is 5.75 Å². The van der Waals surface area contributed by atoms with E-state index in [1.165, 1.54) is 25.7 Å². The molecule has 3 rings (SSSR count). The van der Waals surface area contributed by atoms with Crippen molar-refractivity contribution in [3.63, 3.8) is 0 Å². The highest BCUT2D eigenvalue weighted by atomic mass is 127. The van der Waals surface area contributed by atoms with E-state index < -0.39 is 0 Å². The SMILES string of the molecule is CN=C(NCCc1ccc(OC)cc1Cl)N1CCC2(CCC2)C1.I. The largest absolute Gasteiger partial charge is 0.497 e. The van der Waals surface area contributed by atoms with Crippen molar-refractivity contribution >= 4 is 41.5 Å². The molecule has 1 spiro atoms. The zero-order valence-electron chi connectivity index (χ0n) is 14.5. The summed E-state index contributed by atoms with van der Waals surface area (Å²) in [5.74, 6) is 1.82. The average Bonchev–Trinajstić information content (AvgIpc) is 2.98. The van der Waals surface area contributed by atoms with E-state index in [1.807, 2.05) is 25.2 Å². The average molecular weight is 464 g/mol. The van der Waals surface area contributed by atoms with Crippen molar-refractivity contribution in [1.82, 2.24) is 10.2 Å². The maximum Gasteiger partial charge on any atom is 0.193 e. The van der Waals surface area contributed by atoms with Gasteiger partial charge in [-0.25, -0.2) is 0 Å². The van der Waals surface area contributed by atoms with Gasteiger partial charge in [-0.05, 0) is 48.8 Å². The van der Waals surface area contributed by atoms with Crippen LogP contribution in [0.25, 0.3) is 0 Å². The third kappa shape index (κ3) is 4.28. The number of rotatable bonds is 4. The zero-order chi connectivity index (χ0) is 16.3. The normalized spacial score (nSPS) is 19.0. The summed E-state index contributed by atoms with van der Waals surface area (Å²) in [6, 6.07) is 5.86. The first-order chi connectivity index (χ1) is 11.2. The number of hydrogen-bond donors (Lipinski definition) is 1. The van der Waals surface area contributed by atoms with E-state index in [0.29, 0.717) is 5.41 Å². The van der Waals surface area contributed by atoms with Crippen molar-refractivity contribution in [3.05, 3.63) is 28.8 Å². The summed E-state index contributed by atoms with van der Waals surface area (Å²) < 4.78 is 5.19. The highest BCUT2D eigenvalue weighted by Crippen LogP contribution is 2.47. The predicted octanol–water partition coefficient (Wildman–Crippen LogP) is 3.96. The number of halogens is 2. The van der Waals surface area contributed by atoms with Gasteiger partial charge in [0.25, 0.3) is 0 Å². The minimum Gasteiger partial charge on any atom is -0.497 e. The van der Waals surface area contributed by atoms with Crippen LogP contribution in [0.1, 0.15) is 31.2 Å². The van der Waals surface area contributed by atoms with E-state index in [0.717, 1.165) is 48.4 Å². The Balaban J connectivity index is 0.00000208. The lowest BCUT2D eigenvalue weighted by Crippen LogP contribution is -2.43. The second-order valence-corrected chi connectivity index (χ2v) is 7.11. The van der Waals surface area contributed by atoms with Gasteiger partial charge in [0.2, 0.25) is 0 Å². The molecule has 134 valence electrons. The first kappa shape index (κ1) is 19.6. The van der Waals surface area contributed by atoms with Crippen molar-refractivity contribution in [2.45, 2.75) is 32.1 Å². The van der Waals surface area contributed by atoms with Crippen LogP contribution in [-0.2, 0) is 6.42 Å². The Hall–Kier alpha value is -0.690. The number of guanidine groups is 1. The molecule has 1 aliphatic carbocycles. The van der Waals surface area contributed by atoms with Crippen molar-refractivity contribution in [2.24, 2.45) is 10.4 Å². The van der Waals surface area contributed by atoms with Crippen molar-refractivity contribution in [2.75, 3.05) is 33.8 Å². The van der Waals surface area contributed by atoms with Gasteiger partial charge < -0.3 is 15.0 Å². The molecular weight excluding hydrogens is 437 g/mol. The van der Waals surface area contributed by atoms with Gasteiger partial charge in [-0.2, -0.15) is 0 Å². The summed E-state index contributed by atoms with van der Waals surface area (Å²) in [7, 11) is 3.52. The Morgan fingerprint density at radius 3 is 2.71 bits per heavy atom. The molecule has 4 nitrogen and oxygen atoms in total. The lowest BCUT2D eigenvalue weighted by Gasteiger charge is -2.38. The van der Waals surface area contributed by atoms with Crippen LogP contribution in [0, 0.1) is 5.41 Å². The number of ether oxygens (including phenoxy) is 1. The molecule has 1 N–H and O–H groups in total. The van der Waals surface area contributed by atoms with Gasteiger partial charge in [-0.15, -0.1) is 24.0 Å². The first-order valence-corrected chi connectivity index (χ1v) is 8.82. The van der Waals surface area contributed by atoms with E-state index in [-0.39, 0.29) is 24.0 Å². The Labute approximate surface area is 167 Å². The van der Waals surface area contributed by atoms with Gasteiger partial charge in [0.1, 0.15) is 5.75 Å². The van der Waals surface area contributed by atoms with Gasteiger partial charge in [0.05, 0.1) is 7.11 Å². The third-order valence-corrected chi connectivity index (χ3v) is 5.65. The second kappa shape index (κ2) is 8.61. The van der Waals surface area contributed by atoms with Crippen LogP contribution in [0.15, 0.2) is 23.2 Å². The molecular formula is C18H27ClIN3O. The minimum atomic E-state index is 0. The summed E-state index contributed by atoms with van der Waals surface area (Å²) in [6.45, 7) is 3.13. The third-order valence-electron chi connectivity index (χ3n) is 5.30. The number of likely N-dealkylation sites (tertiary alicyclic amines) is 1. The number of nitrogens with zero attached hydrogens (tertiary/aromatic N) is 2. The summed E-state index contributed by atoms with van der Waals surface area (Å²) in [4.78, 5) is 6.86. The highest BCUT2D eigenvalue weighted by molar-refractivity contribution is 14.0. The molecule has 1 aromatic rings. The molecule has 24 heavy (non-hydrogen) atoms. The molecule has 1 heterocycles. The van der Waals surface area contributed by atoms with Gasteiger partial charge in [0.15, 0.2) is 5.96 Å². The van der Waals surface area contributed by atoms with Gasteiger partial charge in [0, 0.05) is 31.7 Å². The summed E-state index contributed by atoms with van der Waals surface area (Å²) in [6.07, 6.45) is 6.37. The number of nitrogens with one attached hydrogen (secondary N) is 1. The number of methoxy groups -OCH3 is 1. The fourth-order valence-electron chi connectivity index (χ4n) is 3.70. The zero-order valence-corrected chi connectivity index (χ0v) is 17.6. The van der Waals surface area contributed by atoms with E-state index in [2.05, 4.69) is 15.2 Å². The molecule has 2 aliphatic rings. The Bertz CT molecular complexity index is 590. The smallest absolute Gasteiger partial charge is 0.193 e. The monoisotopic (exact) mass is 463 g/mol. The molecule has 0 unspecified atom stereocenters. The van der Waals surface area contributed by atoms with Crippen LogP contribution in [-0.4, -0.2) is 44.7 Å². The fourth-order valence-corrected chi connectivity index (χ4v) is 3.96.